The molecule has 3 rings (SSSR count). The molecule has 0 aliphatic rings. The maximum atomic E-state index is 12.9. The molecule has 35 heavy (non-hydrogen) atoms. The van der Waals surface area contributed by atoms with Crippen molar-refractivity contribution < 1.29 is 4.79 Å². The fraction of sp³-hybridized carbons (Fsp3) is 0.433. The number of aryl methyl sites for hydroxylation is 2. The first kappa shape index (κ1) is 26.4. The molecule has 0 aliphatic heterocycles. The van der Waals surface area contributed by atoms with E-state index in [2.05, 4.69) is 98.4 Å². The minimum absolute atomic E-state index is 0.102. The second-order valence-electron chi connectivity index (χ2n) is 10.7. The van der Waals surface area contributed by atoms with Crippen LogP contribution in [0.15, 0.2) is 60.8 Å². The second kappa shape index (κ2) is 12.0. The van der Waals surface area contributed by atoms with Crippen molar-refractivity contribution in [3.63, 3.8) is 0 Å². The number of nitrogens with one attached hydrogen (secondary N) is 1. The summed E-state index contributed by atoms with van der Waals surface area (Å²) in [6, 6.07) is 19.2. The standard InChI is InChI=1S/C30H40N4O/c1-22(2)20-31-28(35)26-21-32-29(34(6)19-18-23-10-8-7-9-11-23)33-27(26)17-14-24-12-15-25(16-13-24)30(3,4)5/h7-13,15-16,21-22H,14,17-20H2,1-6H3,(H,31,35). The van der Waals surface area contributed by atoms with E-state index in [1.54, 1.807) is 6.20 Å². The molecule has 2 aromatic carbocycles. The van der Waals surface area contributed by atoms with Crippen LogP contribution in [0.4, 0.5) is 5.95 Å². The van der Waals surface area contributed by atoms with Gasteiger partial charge in [0.15, 0.2) is 0 Å². The summed E-state index contributed by atoms with van der Waals surface area (Å²) in [5.41, 5.74) is 5.33. The molecule has 0 saturated heterocycles. The van der Waals surface area contributed by atoms with Gasteiger partial charge < -0.3 is 10.2 Å². The summed E-state index contributed by atoms with van der Waals surface area (Å²) >= 11 is 0. The molecule has 0 atom stereocenters. The van der Waals surface area contributed by atoms with Gasteiger partial charge in [0.2, 0.25) is 5.95 Å². The Bertz CT molecular complexity index is 1090. The molecule has 3 aromatic rings. The minimum atomic E-state index is -0.102. The van der Waals surface area contributed by atoms with E-state index in [9.17, 15) is 4.79 Å². The topological polar surface area (TPSA) is 58.1 Å². The SMILES string of the molecule is CC(C)CNC(=O)c1cnc(N(C)CCc2ccccc2)nc1CCc1ccc(C(C)(C)C)cc1. The van der Waals surface area contributed by atoms with Crippen molar-refractivity contribution >= 4 is 11.9 Å². The van der Waals surface area contributed by atoms with Crippen molar-refractivity contribution in [2.45, 2.75) is 59.3 Å². The number of rotatable bonds is 10. The van der Waals surface area contributed by atoms with Gasteiger partial charge in [0, 0.05) is 26.3 Å². The van der Waals surface area contributed by atoms with E-state index in [1.807, 2.05) is 13.1 Å². The number of amides is 1. The number of hydrogen-bond acceptors (Lipinski definition) is 4. The Hall–Kier alpha value is -3.21. The van der Waals surface area contributed by atoms with Gasteiger partial charge in [0.05, 0.1) is 11.3 Å². The molecule has 1 heterocycles. The van der Waals surface area contributed by atoms with Crippen molar-refractivity contribution in [2.75, 3.05) is 25.0 Å². The van der Waals surface area contributed by atoms with Crippen molar-refractivity contribution in [1.29, 1.82) is 0 Å². The zero-order chi connectivity index (χ0) is 25.4. The van der Waals surface area contributed by atoms with Crippen LogP contribution in [-0.4, -0.2) is 36.0 Å². The summed E-state index contributed by atoms with van der Waals surface area (Å²) in [6.45, 7) is 12.3. The first-order chi connectivity index (χ1) is 16.6. The zero-order valence-corrected chi connectivity index (χ0v) is 22.1. The van der Waals surface area contributed by atoms with Crippen LogP contribution in [0.3, 0.4) is 0 Å². The van der Waals surface area contributed by atoms with Gasteiger partial charge >= 0.3 is 0 Å². The number of nitrogens with zero attached hydrogens (tertiary/aromatic N) is 3. The Labute approximate surface area is 211 Å². The molecule has 5 heteroatoms. The molecule has 1 aromatic heterocycles. The largest absolute Gasteiger partial charge is 0.352 e. The Kier molecular flexibility index (Phi) is 9.02. The molecule has 1 amide bonds. The van der Waals surface area contributed by atoms with Crippen LogP contribution in [0.1, 0.15) is 67.4 Å². The van der Waals surface area contributed by atoms with E-state index in [-0.39, 0.29) is 11.3 Å². The number of anilines is 1. The predicted molar refractivity (Wildman–Crippen MR) is 145 cm³/mol. The normalized spacial score (nSPS) is 11.5. The van der Waals surface area contributed by atoms with Gasteiger partial charge in [-0.1, -0.05) is 89.2 Å². The third kappa shape index (κ3) is 7.91. The van der Waals surface area contributed by atoms with Crippen LogP contribution in [0.25, 0.3) is 0 Å². The number of likely N-dealkylation sites (N-methyl/N-ethyl adjacent to an activating group) is 1. The predicted octanol–water partition coefficient (Wildman–Crippen LogP) is 5.62. The average molecular weight is 473 g/mol. The second-order valence-corrected chi connectivity index (χ2v) is 10.7. The Morgan fingerprint density at radius 1 is 0.943 bits per heavy atom. The molecular formula is C30H40N4O. The minimum Gasteiger partial charge on any atom is -0.352 e. The molecule has 0 fully saturated rings. The summed E-state index contributed by atoms with van der Waals surface area (Å²) in [6.07, 6.45) is 4.10. The highest BCUT2D eigenvalue weighted by Crippen LogP contribution is 2.23. The molecular weight excluding hydrogens is 432 g/mol. The van der Waals surface area contributed by atoms with Crippen LogP contribution in [0, 0.1) is 5.92 Å². The Balaban J connectivity index is 1.77. The highest BCUT2D eigenvalue weighted by Gasteiger charge is 2.17. The molecule has 1 N–H and O–H groups in total. The van der Waals surface area contributed by atoms with Gasteiger partial charge in [-0.2, -0.15) is 0 Å². The van der Waals surface area contributed by atoms with Gasteiger partial charge in [-0.15, -0.1) is 0 Å². The van der Waals surface area contributed by atoms with Gasteiger partial charge in [0.25, 0.3) is 5.91 Å². The fourth-order valence-electron chi connectivity index (χ4n) is 3.84. The average Bonchev–Trinajstić information content (AvgIpc) is 2.84. The number of hydrogen-bond donors (Lipinski definition) is 1. The van der Waals surface area contributed by atoms with Crippen molar-refractivity contribution in [3.8, 4) is 0 Å². The quantitative estimate of drug-likeness (QED) is 0.416. The van der Waals surface area contributed by atoms with Crippen molar-refractivity contribution in [3.05, 3.63) is 88.7 Å². The summed E-state index contributed by atoms with van der Waals surface area (Å²) < 4.78 is 0. The van der Waals surface area contributed by atoms with Crippen molar-refractivity contribution in [2.24, 2.45) is 5.92 Å². The van der Waals surface area contributed by atoms with Crippen molar-refractivity contribution in [1.82, 2.24) is 15.3 Å². The maximum Gasteiger partial charge on any atom is 0.254 e. The lowest BCUT2D eigenvalue weighted by molar-refractivity contribution is 0.0947. The van der Waals surface area contributed by atoms with E-state index < -0.39 is 0 Å². The summed E-state index contributed by atoms with van der Waals surface area (Å²) in [5.74, 6) is 0.933. The van der Waals surface area contributed by atoms with E-state index in [0.717, 1.165) is 25.1 Å². The highest BCUT2D eigenvalue weighted by atomic mass is 16.1. The third-order valence-electron chi connectivity index (χ3n) is 6.16. The zero-order valence-electron chi connectivity index (χ0n) is 22.1. The Morgan fingerprint density at radius 2 is 1.60 bits per heavy atom. The number of carbonyl (C=O) groups is 1. The summed E-state index contributed by atoms with van der Waals surface area (Å²) in [4.78, 5) is 24.4. The molecule has 186 valence electrons. The lowest BCUT2D eigenvalue weighted by Crippen LogP contribution is -2.30. The molecule has 0 bridgehead atoms. The van der Waals surface area contributed by atoms with Crippen LogP contribution < -0.4 is 10.2 Å². The van der Waals surface area contributed by atoms with Gasteiger partial charge in [-0.05, 0) is 47.3 Å². The maximum absolute atomic E-state index is 12.9. The molecule has 0 aliphatic carbocycles. The monoisotopic (exact) mass is 472 g/mol. The molecule has 0 unspecified atom stereocenters. The van der Waals surface area contributed by atoms with Gasteiger partial charge in [-0.25, -0.2) is 9.97 Å². The first-order valence-electron chi connectivity index (χ1n) is 12.6. The number of aromatic nitrogens is 2. The lowest BCUT2D eigenvalue weighted by Gasteiger charge is -2.20. The number of carbonyl (C=O) groups excluding carboxylic acids is 1. The van der Waals surface area contributed by atoms with Gasteiger partial charge in [0.1, 0.15) is 0 Å². The summed E-state index contributed by atoms with van der Waals surface area (Å²) in [5, 5.41) is 3.02. The molecule has 5 nitrogen and oxygen atoms in total. The van der Waals surface area contributed by atoms with E-state index >= 15 is 0 Å². The van der Waals surface area contributed by atoms with Crippen LogP contribution in [0.5, 0.6) is 0 Å². The third-order valence-corrected chi connectivity index (χ3v) is 6.16. The molecule has 0 saturated carbocycles. The smallest absolute Gasteiger partial charge is 0.254 e. The summed E-state index contributed by atoms with van der Waals surface area (Å²) in [7, 11) is 2.01. The lowest BCUT2D eigenvalue weighted by atomic mass is 9.86. The number of benzene rings is 2. The van der Waals surface area contributed by atoms with Gasteiger partial charge in [-0.3, -0.25) is 4.79 Å². The van der Waals surface area contributed by atoms with Crippen LogP contribution in [-0.2, 0) is 24.7 Å². The fourth-order valence-corrected chi connectivity index (χ4v) is 3.84. The molecule has 0 spiro atoms. The van der Waals surface area contributed by atoms with Crippen LogP contribution >= 0.6 is 0 Å². The Morgan fingerprint density at radius 3 is 2.23 bits per heavy atom. The highest BCUT2D eigenvalue weighted by molar-refractivity contribution is 5.95. The van der Waals surface area contributed by atoms with E-state index in [0.29, 0.717) is 30.4 Å². The molecule has 0 radical (unpaired) electrons. The van der Waals surface area contributed by atoms with E-state index in [1.165, 1.54) is 16.7 Å². The van der Waals surface area contributed by atoms with Crippen LogP contribution in [0.2, 0.25) is 0 Å². The first-order valence-corrected chi connectivity index (χ1v) is 12.6. The van der Waals surface area contributed by atoms with E-state index in [4.69, 9.17) is 4.98 Å².